The van der Waals surface area contributed by atoms with Gasteiger partial charge in [-0.05, 0) is 25.8 Å². The van der Waals surface area contributed by atoms with Gasteiger partial charge >= 0.3 is 0 Å². The van der Waals surface area contributed by atoms with Gasteiger partial charge in [-0.25, -0.2) is 4.98 Å². The molecule has 0 saturated heterocycles. The van der Waals surface area contributed by atoms with Crippen LogP contribution in [0.5, 0.6) is 0 Å². The van der Waals surface area contributed by atoms with Crippen molar-refractivity contribution in [3.8, 4) is 0 Å². The zero-order valence-electron chi connectivity index (χ0n) is 10.7. The van der Waals surface area contributed by atoms with Crippen molar-refractivity contribution in [2.24, 2.45) is 11.3 Å². The van der Waals surface area contributed by atoms with Gasteiger partial charge in [0.1, 0.15) is 0 Å². The van der Waals surface area contributed by atoms with Crippen LogP contribution in [0.15, 0.2) is 5.38 Å². The van der Waals surface area contributed by atoms with E-state index in [0.717, 1.165) is 12.1 Å². The fraction of sp³-hybridized carbons (Fsp3) is 0.667. The molecule has 1 heterocycles. The Labute approximate surface area is 106 Å². The lowest BCUT2D eigenvalue weighted by Crippen LogP contribution is -2.17. The first-order valence-corrected chi connectivity index (χ1v) is 6.75. The Hall–Kier alpha value is -0.940. The molecule has 0 radical (unpaired) electrons. The molecule has 2 unspecified atom stereocenters. The standard InChI is InChI=1S/C12H19N3OS/c1-7(13-4)9-6-17-11(14-9)15-10(16)8-5-12(8,2)3/h6-8,13H,5H2,1-4H3,(H,14,15,16). The second-order valence-corrected chi connectivity index (χ2v) is 6.18. The summed E-state index contributed by atoms with van der Waals surface area (Å²) in [5.41, 5.74) is 1.14. The molecule has 94 valence electrons. The minimum atomic E-state index is 0.105. The van der Waals surface area contributed by atoms with Gasteiger partial charge in [0.2, 0.25) is 5.91 Å². The molecule has 4 nitrogen and oxygen atoms in total. The summed E-state index contributed by atoms with van der Waals surface area (Å²) < 4.78 is 0. The van der Waals surface area contributed by atoms with Crippen LogP contribution in [0.2, 0.25) is 0 Å². The van der Waals surface area contributed by atoms with Gasteiger partial charge in [-0.3, -0.25) is 4.79 Å². The maximum atomic E-state index is 11.9. The van der Waals surface area contributed by atoms with Crippen molar-refractivity contribution in [3.05, 3.63) is 11.1 Å². The van der Waals surface area contributed by atoms with Crippen molar-refractivity contribution in [2.45, 2.75) is 33.2 Å². The van der Waals surface area contributed by atoms with Crippen LogP contribution in [0.1, 0.15) is 38.9 Å². The minimum absolute atomic E-state index is 0.105. The van der Waals surface area contributed by atoms with Crippen molar-refractivity contribution >= 4 is 22.4 Å². The highest BCUT2D eigenvalue weighted by Gasteiger charge is 2.50. The Morgan fingerprint density at radius 2 is 2.29 bits per heavy atom. The lowest BCUT2D eigenvalue weighted by Gasteiger charge is -2.05. The smallest absolute Gasteiger partial charge is 0.229 e. The summed E-state index contributed by atoms with van der Waals surface area (Å²) in [7, 11) is 1.90. The van der Waals surface area contributed by atoms with Crippen LogP contribution in [0.25, 0.3) is 0 Å². The van der Waals surface area contributed by atoms with E-state index in [1.165, 1.54) is 11.3 Å². The van der Waals surface area contributed by atoms with Crippen molar-refractivity contribution in [3.63, 3.8) is 0 Å². The largest absolute Gasteiger partial charge is 0.312 e. The first kappa shape index (κ1) is 12.5. The third kappa shape index (κ3) is 2.66. The third-order valence-electron chi connectivity index (χ3n) is 3.46. The number of nitrogens with zero attached hydrogens (tertiary/aromatic N) is 1. The maximum Gasteiger partial charge on any atom is 0.229 e. The highest BCUT2D eigenvalue weighted by molar-refractivity contribution is 7.13. The summed E-state index contributed by atoms with van der Waals surface area (Å²) in [4.78, 5) is 16.3. The predicted octanol–water partition coefficient (Wildman–Crippen LogP) is 2.41. The number of nitrogens with one attached hydrogen (secondary N) is 2. The number of amides is 1. The van der Waals surface area contributed by atoms with E-state index in [2.05, 4.69) is 29.5 Å². The van der Waals surface area contributed by atoms with Gasteiger partial charge in [0.05, 0.1) is 5.69 Å². The number of thiazole rings is 1. The van der Waals surface area contributed by atoms with Crippen LogP contribution >= 0.6 is 11.3 Å². The van der Waals surface area contributed by atoms with Gasteiger partial charge in [-0.15, -0.1) is 11.3 Å². The molecule has 0 spiro atoms. The molecule has 2 atom stereocenters. The van der Waals surface area contributed by atoms with Crippen LogP contribution in [-0.4, -0.2) is 17.9 Å². The molecule has 1 fully saturated rings. The lowest BCUT2D eigenvalue weighted by molar-refractivity contribution is -0.117. The van der Waals surface area contributed by atoms with Crippen LogP contribution in [-0.2, 0) is 4.79 Å². The third-order valence-corrected chi connectivity index (χ3v) is 4.23. The topological polar surface area (TPSA) is 54.0 Å². The second kappa shape index (κ2) is 4.38. The molecular weight excluding hydrogens is 234 g/mol. The molecule has 2 N–H and O–H groups in total. The van der Waals surface area contributed by atoms with E-state index in [-0.39, 0.29) is 23.3 Å². The number of carbonyl (C=O) groups is 1. The zero-order valence-corrected chi connectivity index (χ0v) is 11.5. The SMILES string of the molecule is CNC(C)c1csc(NC(=O)C2CC2(C)C)n1. The number of rotatable bonds is 4. The summed E-state index contributed by atoms with van der Waals surface area (Å²) in [5.74, 6) is 0.254. The van der Waals surface area contributed by atoms with Crippen LogP contribution in [0.3, 0.4) is 0 Å². The van der Waals surface area contributed by atoms with Gasteiger partial charge in [0.15, 0.2) is 5.13 Å². The molecule has 0 aromatic carbocycles. The first-order chi connectivity index (χ1) is 7.94. The molecule has 1 amide bonds. The minimum Gasteiger partial charge on any atom is -0.312 e. The average Bonchev–Trinajstić information content (AvgIpc) is 2.72. The summed E-state index contributed by atoms with van der Waals surface area (Å²) in [6, 6.07) is 0.217. The molecule has 17 heavy (non-hydrogen) atoms. The van der Waals surface area contributed by atoms with Gasteiger partial charge in [0, 0.05) is 17.3 Å². The molecule has 1 aliphatic rings. The second-order valence-electron chi connectivity index (χ2n) is 5.32. The van der Waals surface area contributed by atoms with E-state index in [1.54, 1.807) is 0 Å². The van der Waals surface area contributed by atoms with Crippen LogP contribution < -0.4 is 10.6 Å². The molecule has 2 rings (SSSR count). The highest BCUT2D eigenvalue weighted by Crippen LogP contribution is 2.52. The van der Waals surface area contributed by atoms with Gasteiger partial charge in [-0.1, -0.05) is 13.8 Å². The normalized spacial score (nSPS) is 23.2. The Morgan fingerprint density at radius 3 is 2.82 bits per heavy atom. The van der Waals surface area contributed by atoms with E-state index in [4.69, 9.17) is 0 Å². The molecule has 1 saturated carbocycles. The number of anilines is 1. The summed E-state index contributed by atoms with van der Waals surface area (Å²) in [6.07, 6.45) is 0.976. The monoisotopic (exact) mass is 253 g/mol. The van der Waals surface area contributed by atoms with Crippen molar-refractivity contribution in [1.29, 1.82) is 0 Å². The first-order valence-electron chi connectivity index (χ1n) is 5.87. The fourth-order valence-corrected chi connectivity index (χ4v) is 2.60. The molecule has 5 heteroatoms. The lowest BCUT2D eigenvalue weighted by atomic mass is 10.1. The number of hydrogen-bond donors (Lipinski definition) is 2. The van der Waals surface area contributed by atoms with Gasteiger partial charge in [0.25, 0.3) is 0 Å². The predicted molar refractivity (Wildman–Crippen MR) is 70.1 cm³/mol. The van der Waals surface area contributed by atoms with Crippen molar-refractivity contribution in [2.75, 3.05) is 12.4 Å². The molecule has 0 bridgehead atoms. The highest BCUT2D eigenvalue weighted by atomic mass is 32.1. The zero-order chi connectivity index (χ0) is 12.6. The van der Waals surface area contributed by atoms with E-state index in [9.17, 15) is 4.79 Å². The van der Waals surface area contributed by atoms with Crippen LogP contribution in [0.4, 0.5) is 5.13 Å². The molecule has 1 aromatic rings. The Balaban J connectivity index is 1.96. The van der Waals surface area contributed by atoms with Gasteiger partial charge in [-0.2, -0.15) is 0 Å². The Morgan fingerprint density at radius 1 is 1.65 bits per heavy atom. The van der Waals surface area contributed by atoms with E-state index in [0.29, 0.717) is 5.13 Å². The van der Waals surface area contributed by atoms with E-state index >= 15 is 0 Å². The van der Waals surface area contributed by atoms with Crippen molar-refractivity contribution < 1.29 is 4.79 Å². The van der Waals surface area contributed by atoms with E-state index in [1.807, 2.05) is 19.4 Å². The number of carbonyl (C=O) groups excluding carboxylic acids is 1. The molecule has 1 aliphatic carbocycles. The molecule has 0 aliphatic heterocycles. The molecule has 1 aromatic heterocycles. The van der Waals surface area contributed by atoms with Crippen LogP contribution in [0, 0.1) is 11.3 Å². The average molecular weight is 253 g/mol. The number of aromatic nitrogens is 1. The quantitative estimate of drug-likeness (QED) is 0.866. The van der Waals surface area contributed by atoms with E-state index < -0.39 is 0 Å². The molecular formula is C12H19N3OS. The summed E-state index contributed by atoms with van der Waals surface area (Å²) >= 11 is 1.48. The summed E-state index contributed by atoms with van der Waals surface area (Å²) in [5, 5.41) is 8.71. The maximum absolute atomic E-state index is 11.9. The summed E-state index contributed by atoms with van der Waals surface area (Å²) in [6.45, 7) is 6.28. The fourth-order valence-electron chi connectivity index (χ4n) is 1.80. The Bertz CT molecular complexity index is 427. The van der Waals surface area contributed by atoms with Crippen molar-refractivity contribution in [1.82, 2.24) is 10.3 Å². The Kier molecular flexibility index (Phi) is 3.23. The van der Waals surface area contributed by atoms with Gasteiger partial charge < -0.3 is 10.6 Å². The number of hydrogen-bond acceptors (Lipinski definition) is 4.